The number of hydrogen-bond acceptors (Lipinski definition) is 5. The van der Waals surface area contributed by atoms with Crippen LogP contribution in [0.25, 0.3) is 0 Å². The lowest BCUT2D eigenvalue weighted by Crippen LogP contribution is -2.43. The van der Waals surface area contributed by atoms with Crippen molar-refractivity contribution >= 4 is 27.8 Å². The Hall–Kier alpha value is -1.80. The molecule has 0 bridgehead atoms. The molecule has 0 saturated heterocycles. The van der Waals surface area contributed by atoms with Gasteiger partial charge in [-0.2, -0.15) is 0 Å². The Bertz CT molecular complexity index is 562. The second-order valence-electron chi connectivity index (χ2n) is 4.30. The van der Waals surface area contributed by atoms with E-state index in [1.54, 1.807) is 6.07 Å². The van der Waals surface area contributed by atoms with Crippen LogP contribution < -0.4 is 14.8 Å². The maximum atomic E-state index is 12.1. The van der Waals surface area contributed by atoms with E-state index in [1.165, 1.54) is 13.2 Å². The molecule has 0 aromatic heterocycles. The molecule has 1 aliphatic heterocycles. The minimum atomic E-state index is -1.16. The van der Waals surface area contributed by atoms with Crippen LogP contribution >= 0.6 is 15.9 Å². The molecule has 1 amide bonds. The lowest BCUT2D eigenvalue weighted by molar-refractivity contribution is -0.140. The zero-order valence-corrected chi connectivity index (χ0v) is 12.8. The van der Waals surface area contributed by atoms with Gasteiger partial charge in [-0.15, -0.1) is 0 Å². The summed E-state index contributed by atoms with van der Waals surface area (Å²) in [4.78, 5) is 23.1. The van der Waals surface area contributed by atoms with Gasteiger partial charge in [-0.3, -0.25) is 4.79 Å². The number of fused-ring (bicyclic) bond motifs is 1. The summed E-state index contributed by atoms with van der Waals surface area (Å²) in [5.41, 5.74) is 0.272. The first-order valence-electron chi connectivity index (χ1n) is 6.14. The summed E-state index contributed by atoms with van der Waals surface area (Å²) in [5.74, 6) is -0.720. The number of aliphatic carboxylic acids is 1. The van der Waals surface area contributed by atoms with E-state index < -0.39 is 17.9 Å². The van der Waals surface area contributed by atoms with Crippen LogP contribution in [0.3, 0.4) is 0 Å². The number of carboxylic acids is 1. The highest BCUT2D eigenvalue weighted by atomic mass is 79.9. The fraction of sp³-hybridized carbons (Fsp3) is 0.385. The van der Waals surface area contributed by atoms with Crippen molar-refractivity contribution in [1.29, 1.82) is 0 Å². The summed E-state index contributed by atoms with van der Waals surface area (Å²) in [6, 6.07) is 1.95. The number of carbonyl (C=O) groups excluding carboxylic acids is 1. The molecule has 1 aromatic carbocycles. The van der Waals surface area contributed by atoms with E-state index in [0.29, 0.717) is 29.2 Å². The van der Waals surface area contributed by atoms with E-state index in [0.717, 1.165) is 0 Å². The Morgan fingerprint density at radius 1 is 1.43 bits per heavy atom. The van der Waals surface area contributed by atoms with Crippen molar-refractivity contribution < 1.29 is 28.9 Å². The molecule has 1 aromatic rings. The summed E-state index contributed by atoms with van der Waals surface area (Å²) in [6.07, 6.45) is 0. The van der Waals surface area contributed by atoms with Crippen LogP contribution in [-0.4, -0.2) is 50.0 Å². The molecular formula is C13H14BrNO6. The average Bonchev–Trinajstić information content (AvgIpc) is 2.46. The molecule has 7 nitrogen and oxygen atoms in total. The number of rotatable bonds is 5. The van der Waals surface area contributed by atoms with Gasteiger partial charge in [0, 0.05) is 12.7 Å². The van der Waals surface area contributed by atoms with Gasteiger partial charge in [-0.05, 0) is 28.1 Å². The number of methoxy groups -OCH3 is 1. The highest BCUT2D eigenvalue weighted by Crippen LogP contribution is 2.38. The Morgan fingerprint density at radius 2 is 2.14 bits per heavy atom. The SMILES string of the molecule is COCC(NC(=O)c1cc(Br)c2c(c1)OCCO2)C(=O)O. The van der Waals surface area contributed by atoms with Crippen LogP contribution in [0.1, 0.15) is 10.4 Å². The second kappa shape index (κ2) is 6.77. The largest absolute Gasteiger partial charge is 0.486 e. The zero-order chi connectivity index (χ0) is 15.4. The van der Waals surface area contributed by atoms with Gasteiger partial charge < -0.3 is 24.6 Å². The maximum Gasteiger partial charge on any atom is 0.328 e. The van der Waals surface area contributed by atoms with Crippen LogP contribution in [0, 0.1) is 0 Å². The summed E-state index contributed by atoms with van der Waals surface area (Å²) >= 11 is 3.30. The summed E-state index contributed by atoms with van der Waals surface area (Å²) < 4.78 is 16.2. The Kier molecular flexibility index (Phi) is 5.03. The maximum absolute atomic E-state index is 12.1. The van der Waals surface area contributed by atoms with Crippen LogP contribution in [0.15, 0.2) is 16.6 Å². The number of carboxylic acid groups (broad SMARTS) is 1. The van der Waals surface area contributed by atoms with Gasteiger partial charge in [-0.1, -0.05) is 0 Å². The fourth-order valence-corrected chi connectivity index (χ4v) is 2.38. The molecule has 0 fully saturated rings. The molecular weight excluding hydrogens is 346 g/mol. The average molecular weight is 360 g/mol. The van der Waals surface area contributed by atoms with E-state index in [4.69, 9.17) is 19.3 Å². The molecule has 0 saturated carbocycles. The topological polar surface area (TPSA) is 94.1 Å². The van der Waals surface area contributed by atoms with Crippen LogP contribution in [0.5, 0.6) is 11.5 Å². The normalized spacial score (nSPS) is 14.4. The third-order valence-electron chi connectivity index (χ3n) is 2.80. The number of amides is 1. The van der Waals surface area contributed by atoms with Crippen molar-refractivity contribution in [3.63, 3.8) is 0 Å². The van der Waals surface area contributed by atoms with Crippen molar-refractivity contribution in [2.24, 2.45) is 0 Å². The van der Waals surface area contributed by atoms with Gasteiger partial charge >= 0.3 is 5.97 Å². The van der Waals surface area contributed by atoms with Crippen molar-refractivity contribution in [3.8, 4) is 11.5 Å². The Labute approximate surface area is 129 Å². The van der Waals surface area contributed by atoms with E-state index in [9.17, 15) is 9.59 Å². The van der Waals surface area contributed by atoms with Crippen LogP contribution in [0.2, 0.25) is 0 Å². The second-order valence-corrected chi connectivity index (χ2v) is 5.16. The van der Waals surface area contributed by atoms with Gasteiger partial charge in [0.15, 0.2) is 17.5 Å². The first-order valence-corrected chi connectivity index (χ1v) is 6.94. The molecule has 1 aliphatic rings. The molecule has 0 aliphatic carbocycles. The molecule has 8 heteroatoms. The number of halogens is 1. The number of ether oxygens (including phenoxy) is 3. The molecule has 1 heterocycles. The van der Waals surface area contributed by atoms with Gasteiger partial charge in [0.2, 0.25) is 0 Å². The minimum absolute atomic E-state index is 0.118. The first kappa shape index (κ1) is 15.6. The lowest BCUT2D eigenvalue weighted by Gasteiger charge is -2.20. The quantitative estimate of drug-likeness (QED) is 0.815. The molecule has 0 spiro atoms. The summed E-state index contributed by atoms with van der Waals surface area (Å²) in [7, 11) is 1.36. The van der Waals surface area contributed by atoms with Gasteiger partial charge in [0.05, 0.1) is 11.1 Å². The Balaban J connectivity index is 2.19. The van der Waals surface area contributed by atoms with Crippen molar-refractivity contribution in [1.82, 2.24) is 5.32 Å². The number of carbonyl (C=O) groups is 2. The lowest BCUT2D eigenvalue weighted by atomic mass is 10.1. The number of benzene rings is 1. The zero-order valence-electron chi connectivity index (χ0n) is 11.2. The summed E-state index contributed by atoms with van der Waals surface area (Å²) in [5, 5.41) is 11.4. The molecule has 114 valence electrons. The predicted octanol–water partition coefficient (Wildman–Crippen LogP) is 1.05. The van der Waals surface area contributed by atoms with E-state index in [-0.39, 0.29) is 12.2 Å². The van der Waals surface area contributed by atoms with Crippen molar-refractivity contribution in [2.75, 3.05) is 26.9 Å². The predicted molar refractivity (Wildman–Crippen MR) is 75.9 cm³/mol. The number of hydrogen-bond donors (Lipinski definition) is 2. The van der Waals surface area contributed by atoms with Crippen molar-refractivity contribution in [3.05, 3.63) is 22.2 Å². The first-order chi connectivity index (χ1) is 10.0. The Morgan fingerprint density at radius 3 is 2.81 bits per heavy atom. The smallest absolute Gasteiger partial charge is 0.328 e. The molecule has 2 N–H and O–H groups in total. The van der Waals surface area contributed by atoms with Crippen LogP contribution in [0.4, 0.5) is 0 Å². The highest BCUT2D eigenvalue weighted by Gasteiger charge is 2.23. The molecule has 21 heavy (non-hydrogen) atoms. The molecule has 0 radical (unpaired) electrons. The fourth-order valence-electron chi connectivity index (χ4n) is 1.82. The van der Waals surface area contributed by atoms with Crippen LogP contribution in [-0.2, 0) is 9.53 Å². The highest BCUT2D eigenvalue weighted by molar-refractivity contribution is 9.10. The molecule has 2 rings (SSSR count). The standard InChI is InChI=1S/C13H14BrNO6/c1-19-6-9(13(17)18)15-12(16)7-4-8(14)11-10(5-7)20-2-3-21-11/h4-5,9H,2-3,6H2,1H3,(H,15,16)(H,17,18). The third kappa shape index (κ3) is 3.64. The van der Waals surface area contributed by atoms with E-state index in [1.807, 2.05) is 0 Å². The van der Waals surface area contributed by atoms with Gasteiger partial charge in [0.25, 0.3) is 5.91 Å². The van der Waals surface area contributed by atoms with E-state index >= 15 is 0 Å². The summed E-state index contributed by atoms with van der Waals surface area (Å²) in [6.45, 7) is 0.713. The van der Waals surface area contributed by atoms with E-state index in [2.05, 4.69) is 21.2 Å². The number of nitrogens with one attached hydrogen (secondary N) is 1. The third-order valence-corrected chi connectivity index (χ3v) is 3.38. The van der Waals surface area contributed by atoms with Gasteiger partial charge in [0.1, 0.15) is 13.2 Å². The van der Waals surface area contributed by atoms with Crippen molar-refractivity contribution in [2.45, 2.75) is 6.04 Å². The monoisotopic (exact) mass is 359 g/mol. The van der Waals surface area contributed by atoms with Gasteiger partial charge in [-0.25, -0.2) is 4.79 Å². The molecule has 1 unspecified atom stereocenters. The minimum Gasteiger partial charge on any atom is -0.486 e. The molecule has 1 atom stereocenters.